The average Bonchev–Trinajstić information content (AvgIpc) is 2.86. The molecule has 0 aliphatic heterocycles. The van der Waals surface area contributed by atoms with Crippen LogP contribution in [0.5, 0.6) is 0 Å². The minimum absolute atomic E-state index is 0.246. The molecule has 1 rings (SSSR count). The second kappa shape index (κ2) is 8.56. The Morgan fingerprint density at radius 2 is 1.95 bits per heavy atom. The molecule has 0 aromatic carbocycles. The third-order valence-corrected chi connectivity index (χ3v) is 3.45. The van der Waals surface area contributed by atoms with Gasteiger partial charge < -0.3 is 15.2 Å². The molecule has 1 amide bonds. The minimum Gasteiger partial charge on any atom is -0.444 e. The quantitative estimate of drug-likeness (QED) is 0.628. The highest BCUT2D eigenvalue weighted by atomic mass is 16.7. The fourth-order valence-electron chi connectivity index (χ4n) is 2.33. The predicted molar refractivity (Wildman–Crippen MR) is 80.8 cm³/mol. The van der Waals surface area contributed by atoms with Crippen molar-refractivity contribution in [3.63, 3.8) is 0 Å². The predicted octanol–water partition coefficient (Wildman–Crippen LogP) is 2.11. The molecule has 21 heavy (non-hydrogen) atoms. The number of carbonyl (C=O) groups is 1. The summed E-state index contributed by atoms with van der Waals surface area (Å²) in [7, 11) is 0. The number of alkyl carbamates (subject to hydrolysis) is 1. The van der Waals surface area contributed by atoms with Crippen molar-refractivity contribution in [1.29, 1.82) is 0 Å². The van der Waals surface area contributed by atoms with Gasteiger partial charge in [0, 0.05) is 6.54 Å². The van der Waals surface area contributed by atoms with Crippen molar-refractivity contribution in [2.45, 2.75) is 83.6 Å². The monoisotopic (exact) mass is 302 g/mol. The zero-order chi connectivity index (χ0) is 15.9. The summed E-state index contributed by atoms with van der Waals surface area (Å²) in [5.74, 6) is 0. The van der Waals surface area contributed by atoms with Gasteiger partial charge in [-0.05, 0) is 40.0 Å². The summed E-state index contributed by atoms with van der Waals surface area (Å²) in [5.41, 5.74) is 2.28. The fraction of sp³-hybridized carbons (Fsp3) is 0.933. The van der Waals surface area contributed by atoms with Crippen molar-refractivity contribution in [2.24, 2.45) is 0 Å². The smallest absolute Gasteiger partial charge is 0.407 e. The molecule has 0 saturated heterocycles. The Hall–Kier alpha value is -0.850. The van der Waals surface area contributed by atoms with Crippen LogP contribution in [0.2, 0.25) is 0 Å². The molecule has 1 aliphatic carbocycles. The molecule has 1 aliphatic rings. The van der Waals surface area contributed by atoms with E-state index in [1.165, 1.54) is 12.8 Å². The first-order chi connectivity index (χ1) is 9.81. The van der Waals surface area contributed by atoms with Gasteiger partial charge in [0.05, 0.1) is 18.2 Å². The van der Waals surface area contributed by atoms with Crippen LogP contribution in [0.4, 0.5) is 4.79 Å². The minimum atomic E-state index is -0.719. The molecular formula is C15H30N2O4. The first-order valence-corrected chi connectivity index (χ1v) is 7.88. The molecule has 0 radical (unpaired) electrons. The van der Waals surface area contributed by atoms with Gasteiger partial charge in [-0.2, -0.15) is 5.48 Å². The van der Waals surface area contributed by atoms with Crippen molar-refractivity contribution >= 4 is 6.09 Å². The largest absolute Gasteiger partial charge is 0.444 e. The highest BCUT2D eigenvalue weighted by Gasteiger charge is 2.24. The molecular weight excluding hydrogens is 272 g/mol. The summed E-state index contributed by atoms with van der Waals surface area (Å²) in [6.45, 7) is 7.61. The van der Waals surface area contributed by atoms with Gasteiger partial charge in [0.25, 0.3) is 0 Å². The van der Waals surface area contributed by atoms with Gasteiger partial charge in [-0.1, -0.05) is 19.8 Å². The first-order valence-electron chi connectivity index (χ1n) is 7.88. The van der Waals surface area contributed by atoms with Crippen molar-refractivity contribution < 1.29 is 19.5 Å². The molecule has 1 fully saturated rings. The zero-order valence-electron chi connectivity index (χ0n) is 13.6. The summed E-state index contributed by atoms with van der Waals surface area (Å²) < 4.78 is 5.19. The molecule has 0 bridgehead atoms. The van der Waals surface area contributed by atoms with Crippen molar-refractivity contribution in [1.82, 2.24) is 10.8 Å². The van der Waals surface area contributed by atoms with E-state index in [-0.39, 0.29) is 18.7 Å². The van der Waals surface area contributed by atoms with Gasteiger partial charge >= 0.3 is 6.09 Å². The van der Waals surface area contributed by atoms with Crippen LogP contribution in [-0.2, 0) is 9.57 Å². The number of rotatable bonds is 7. The highest BCUT2D eigenvalue weighted by molar-refractivity contribution is 5.68. The first kappa shape index (κ1) is 18.2. The van der Waals surface area contributed by atoms with E-state index >= 15 is 0 Å². The molecule has 6 heteroatoms. The number of hydrogen-bond acceptors (Lipinski definition) is 5. The van der Waals surface area contributed by atoms with Crippen molar-refractivity contribution in [3.05, 3.63) is 0 Å². The fourth-order valence-corrected chi connectivity index (χ4v) is 2.33. The maximum absolute atomic E-state index is 11.7. The summed E-state index contributed by atoms with van der Waals surface area (Å²) in [6.07, 6.45) is 4.17. The van der Waals surface area contributed by atoms with Gasteiger partial charge in [0.1, 0.15) is 5.60 Å². The van der Waals surface area contributed by atoms with E-state index in [0.717, 1.165) is 12.8 Å². The maximum atomic E-state index is 11.7. The maximum Gasteiger partial charge on any atom is 0.407 e. The van der Waals surface area contributed by atoms with Crippen LogP contribution in [-0.4, -0.2) is 41.6 Å². The Kier molecular flexibility index (Phi) is 7.42. The number of amides is 1. The Bertz CT molecular complexity index is 311. The SMILES string of the molecule is CC[C@H](NC(=O)OC(C)(C)C)[C@H](O)CNOC1CCCC1. The number of aliphatic hydroxyl groups excluding tert-OH is 1. The zero-order valence-corrected chi connectivity index (χ0v) is 13.6. The van der Waals surface area contributed by atoms with Gasteiger partial charge in [-0.3, -0.25) is 4.84 Å². The van der Waals surface area contributed by atoms with Gasteiger partial charge in [-0.15, -0.1) is 0 Å². The molecule has 1 saturated carbocycles. The molecule has 0 spiro atoms. The van der Waals surface area contributed by atoms with Gasteiger partial charge in [0.2, 0.25) is 0 Å². The van der Waals surface area contributed by atoms with E-state index in [1.54, 1.807) is 20.8 Å². The molecule has 0 unspecified atom stereocenters. The molecule has 0 aromatic rings. The van der Waals surface area contributed by atoms with Crippen LogP contribution >= 0.6 is 0 Å². The van der Waals surface area contributed by atoms with Crippen LogP contribution in [0.25, 0.3) is 0 Å². The molecule has 3 N–H and O–H groups in total. The Balaban J connectivity index is 2.27. The highest BCUT2D eigenvalue weighted by Crippen LogP contribution is 2.19. The lowest BCUT2D eigenvalue weighted by Crippen LogP contribution is -2.48. The summed E-state index contributed by atoms with van der Waals surface area (Å²) in [4.78, 5) is 17.2. The lowest BCUT2D eigenvalue weighted by Gasteiger charge is -2.26. The number of nitrogens with one attached hydrogen (secondary N) is 2. The van der Waals surface area contributed by atoms with E-state index in [1.807, 2.05) is 6.92 Å². The second-order valence-corrected chi connectivity index (χ2v) is 6.60. The van der Waals surface area contributed by atoms with Crippen molar-refractivity contribution in [3.8, 4) is 0 Å². The van der Waals surface area contributed by atoms with Crippen LogP contribution in [0, 0.1) is 0 Å². The summed E-state index contributed by atoms with van der Waals surface area (Å²) >= 11 is 0. The summed E-state index contributed by atoms with van der Waals surface area (Å²) in [5, 5.41) is 12.8. The van der Waals surface area contributed by atoms with Crippen LogP contribution < -0.4 is 10.8 Å². The summed E-state index contributed by atoms with van der Waals surface area (Å²) in [6, 6.07) is -0.362. The van der Waals surface area contributed by atoms with E-state index in [4.69, 9.17) is 9.57 Å². The average molecular weight is 302 g/mol. The normalized spacial score (nSPS) is 19.3. The molecule has 0 heterocycles. The number of ether oxygens (including phenoxy) is 1. The second-order valence-electron chi connectivity index (χ2n) is 6.60. The molecule has 6 nitrogen and oxygen atoms in total. The lowest BCUT2D eigenvalue weighted by atomic mass is 10.1. The molecule has 0 aromatic heterocycles. The lowest BCUT2D eigenvalue weighted by molar-refractivity contribution is -0.0419. The number of aliphatic hydroxyl groups is 1. The van der Waals surface area contributed by atoms with E-state index in [9.17, 15) is 9.90 Å². The standard InChI is InChI=1S/C15H30N2O4/c1-5-12(17-14(19)20-15(2,3)4)13(18)10-16-21-11-8-6-7-9-11/h11-13,16,18H,5-10H2,1-4H3,(H,17,19)/t12-,13+/m0/s1. The third-order valence-electron chi connectivity index (χ3n) is 3.45. The number of hydroxylamine groups is 1. The molecule has 124 valence electrons. The Morgan fingerprint density at radius 1 is 1.33 bits per heavy atom. The van der Waals surface area contributed by atoms with E-state index in [2.05, 4.69) is 10.8 Å². The number of carbonyl (C=O) groups excluding carboxylic acids is 1. The Morgan fingerprint density at radius 3 is 2.48 bits per heavy atom. The van der Waals surface area contributed by atoms with E-state index in [0.29, 0.717) is 6.42 Å². The topological polar surface area (TPSA) is 79.8 Å². The van der Waals surface area contributed by atoms with Crippen molar-refractivity contribution in [2.75, 3.05) is 6.54 Å². The third kappa shape index (κ3) is 7.64. The van der Waals surface area contributed by atoms with E-state index < -0.39 is 17.8 Å². The van der Waals surface area contributed by atoms with Crippen LogP contribution in [0.15, 0.2) is 0 Å². The van der Waals surface area contributed by atoms with Gasteiger partial charge in [-0.25, -0.2) is 4.79 Å². The van der Waals surface area contributed by atoms with Crippen LogP contribution in [0.3, 0.4) is 0 Å². The van der Waals surface area contributed by atoms with Crippen LogP contribution in [0.1, 0.15) is 59.8 Å². The molecule has 2 atom stereocenters. The Labute approximate surface area is 127 Å². The number of hydrogen-bond donors (Lipinski definition) is 3. The van der Waals surface area contributed by atoms with Gasteiger partial charge in [0.15, 0.2) is 0 Å².